The van der Waals surface area contributed by atoms with Crippen LogP contribution in [0.4, 0.5) is 0 Å². The van der Waals surface area contributed by atoms with Gasteiger partial charge in [0.25, 0.3) is 0 Å². The lowest BCUT2D eigenvalue weighted by atomic mass is 9.81. The number of epoxide rings is 2. The summed E-state index contributed by atoms with van der Waals surface area (Å²) in [5, 5.41) is 10.4. The molecule has 1 aliphatic carbocycles. The Bertz CT molecular complexity index is 387. The SMILES string of the molecule is C/C1=C\CC(C)(C)[C@@H]2O[C@H]2[C@@H](O)[C@@]2(C)O[C@@H]2CC1. The Kier molecular flexibility index (Phi) is 2.68. The van der Waals surface area contributed by atoms with Crippen LogP contribution in [-0.4, -0.2) is 35.1 Å². The van der Waals surface area contributed by atoms with E-state index in [9.17, 15) is 5.11 Å². The smallest absolute Gasteiger partial charge is 0.120 e. The molecule has 18 heavy (non-hydrogen) atoms. The fourth-order valence-corrected chi connectivity index (χ4v) is 3.21. The lowest BCUT2D eigenvalue weighted by Gasteiger charge is -2.22. The Balaban J connectivity index is 1.83. The summed E-state index contributed by atoms with van der Waals surface area (Å²) in [4.78, 5) is 0. The summed E-state index contributed by atoms with van der Waals surface area (Å²) in [6, 6.07) is 0. The van der Waals surface area contributed by atoms with E-state index in [2.05, 4.69) is 26.8 Å². The van der Waals surface area contributed by atoms with Crippen molar-refractivity contribution < 1.29 is 14.6 Å². The average Bonchev–Trinajstić information content (AvgIpc) is 3.17. The molecular formula is C15H24O3. The molecular weight excluding hydrogens is 228 g/mol. The molecule has 1 N–H and O–H groups in total. The van der Waals surface area contributed by atoms with Crippen molar-refractivity contribution in [1.29, 1.82) is 0 Å². The summed E-state index contributed by atoms with van der Waals surface area (Å²) >= 11 is 0. The number of hydrogen-bond acceptors (Lipinski definition) is 3. The van der Waals surface area contributed by atoms with E-state index in [1.807, 2.05) is 6.92 Å². The van der Waals surface area contributed by atoms with Crippen molar-refractivity contribution in [2.45, 2.75) is 77.0 Å². The summed E-state index contributed by atoms with van der Waals surface area (Å²) in [5.41, 5.74) is 1.15. The number of fused-ring (bicyclic) bond motifs is 2. The highest BCUT2D eigenvalue weighted by Crippen LogP contribution is 2.51. The molecule has 0 spiro atoms. The summed E-state index contributed by atoms with van der Waals surface area (Å²) in [6.45, 7) is 8.65. The zero-order valence-electron chi connectivity index (χ0n) is 11.8. The van der Waals surface area contributed by atoms with E-state index < -0.39 is 6.10 Å². The molecule has 0 aromatic rings. The maximum atomic E-state index is 10.4. The Morgan fingerprint density at radius 2 is 2.06 bits per heavy atom. The van der Waals surface area contributed by atoms with Gasteiger partial charge in [-0.05, 0) is 38.5 Å². The number of hydrogen-bond donors (Lipinski definition) is 1. The van der Waals surface area contributed by atoms with Gasteiger partial charge in [-0.2, -0.15) is 0 Å². The monoisotopic (exact) mass is 252 g/mol. The molecule has 3 rings (SSSR count). The molecule has 0 aromatic heterocycles. The Labute approximate surface area is 109 Å². The van der Waals surface area contributed by atoms with Crippen LogP contribution in [0.3, 0.4) is 0 Å². The normalized spacial score (nSPS) is 53.3. The quantitative estimate of drug-likeness (QED) is 0.532. The first-order valence-corrected chi connectivity index (χ1v) is 7.01. The third-order valence-corrected chi connectivity index (χ3v) is 4.95. The number of rotatable bonds is 0. The molecule has 0 saturated carbocycles. The Morgan fingerprint density at radius 1 is 1.33 bits per heavy atom. The van der Waals surface area contributed by atoms with Gasteiger partial charge in [-0.25, -0.2) is 0 Å². The van der Waals surface area contributed by atoms with E-state index in [0.717, 1.165) is 19.3 Å². The molecule has 3 aliphatic rings. The lowest BCUT2D eigenvalue weighted by Crippen LogP contribution is -2.37. The molecule has 3 nitrogen and oxygen atoms in total. The first-order chi connectivity index (χ1) is 8.34. The number of aliphatic hydroxyl groups excluding tert-OH is 1. The number of ether oxygens (including phenoxy) is 2. The topological polar surface area (TPSA) is 45.3 Å². The van der Waals surface area contributed by atoms with Crippen molar-refractivity contribution in [3.8, 4) is 0 Å². The largest absolute Gasteiger partial charge is 0.387 e. The summed E-state index contributed by atoms with van der Waals surface area (Å²) < 4.78 is 11.5. The summed E-state index contributed by atoms with van der Waals surface area (Å²) in [7, 11) is 0. The van der Waals surface area contributed by atoms with Gasteiger partial charge in [0, 0.05) is 0 Å². The van der Waals surface area contributed by atoms with Gasteiger partial charge in [-0.3, -0.25) is 0 Å². The van der Waals surface area contributed by atoms with Gasteiger partial charge < -0.3 is 14.6 Å². The van der Waals surface area contributed by atoms with E-state index in [-0.39, 0.29) is 29.3 Å². The molecule has 2 saturated heterocycles. The predicted octanol–water partition coefficient (Wildman–Crippen LogP) is 2.43. The van der Waals surface area contributed by atoms with Gasteiger partial charge in [-0.15, -0.1) is 0 Å². The highest BCUT2D eigenvalue weighted by molar-refractivity contribution is 5.16. The fourth-order valence-electron chi connectivity index (χ4n) is 3.21. The van der Waals surface area contributed by atoms with Gasteiger partial charge in [0.15, 0.2) is 0 Å². The maximum Gasteiger partial charge on any atom is 0.120 e. The standard InChI is InChI=1S/C15H24O3/c1-9-5-6-10-15(4,18-10)12(16)11-13(17-11)14(2,3)8-7-9/h7,10-13,16H,5-6,8H2,1-4H3/b9-7+/t10-,11+,12-,13-,15+/m1/s1. The molecule has 0 amide bonds. The van der Waals surface area contributed by atoms with Gasteiger partial charge in [0.1, 0.15) is 17.8 Å². The van der Waals surface area contributed by atoms with Crippen molar-refractivity contribution in [3.05, 3.63) is 11.6 Å². The Morgan fingerprint density at radius 3 is 2.78 bits per heavy atom. The van der Waals surface area contributed by atoms with Crippen LogP contribution in [0.25, 0.3) is 0 Å². The van der Waals surface area contributed by atoms with Crippen LogP contribution in [0, 0.1) is 5.41 Å². The highest BCUT2D eigenvalue weighted by Gasteiger charge is 2.65. The van der Waals surface area contributed by atoms with Crippen LogP contribution >= 0.6 is 0 Å². The van der Waals surface area contributed by atoms with Crippen LogP contribution < -0.4 is 0 Å². The van der Waals surface area contributed by atoms with E-state index in [1.54, 1.807) is 0 Å². The fraction of sp³-hybridized carbons (Fsp3) is 0.867. The summed E-state index contributed by atoms with van der Waals surface area (Å²) in [5.74, 6) is 0. The van der Waals surface area contributed by atoms with Crippen molar-refractivity contribution in [2.75, 3.05) is 0 Å². The minimum absolute atomic E-state index is 0.0400. The van der Waals surface area contributed by atoms with Crippen LogP contribution in [0.5, 0.6) is 0 Å². The van der Waals surface area contributed by atoms with Crippen LogP contribution in [0.15, 0.2) is 11.6 Å². The van der Waals surface area contributed by atoms with Crippen molar-refractivity contribution in [3.63, 3.8) is 0 Å². The first-order valence-electron chi connectivity index (χ1n) is 7.01. The molecule has 102 valence electrons. The number of aliphatic hydroxyl groups is 1. The zero-order valence-corrected chi connectivity index (χ0v) is 11.8. The van der Waals surface area contributed by atoms with Gasteiger partial charge in [0.2, 0.25) is 0 Å². The molecule has 5 atom stereocenters. The third kappa shape index (κ3) is 1.93. The summed E-state index contributed by atoms with van der Waals surface area (Å²) in [6.07, 6.45) is 5.27. The predicted molar refractivity (Wildman–Crippen MR) is 69.3 cm³/mol. The molecule has 3 heteroatoms. The molecule has 2 heterocycles. The molecule has 0 aromatic carbocycles. The molecule has 0 unspecified atom stereocenters. The second kappa shape index (κ2) is 3.81. The minimum atomic E-state index is -0.481. The van der Waals surface area contributed by atoms with Crippen LogP contribution in [0.1, 0.15) is 47.0 Å². The van der Waals surface area contributed by atoms with E-state index in [4.69, 9.17) is 9.47 Å². The van der Waals surface area contributed by atoms with Crippen molar-refractivity contribution in [2.24, 2.45) is 5.41 Å². The van der Waals surface area contributed by atoms with E-state index >= 15 is 0 Å². The molecule has 0 radical (unpaired) electrons. The minimum Gasteiger partial charge on any atom is -0.387 e. The van der Waals surface area contributed by atoms with E-state index in [1.165, 1.54) is 5.57 Å². The highest BCUT2D eigenvalue weighted by atomic mass is 16.6. The zero-order chi connectivity index (χ0) is 13.1. The second-order valence-electron chi connectivity index (χ2n) is 7.04. The van der Waals surface area contributed by atoms with Gasteiger partial charge >= 0.3 is 0 Å². The van der Waals surface area contributed by atoms with Crippen molar-refractivity contribution >= 4 is 0 Å². The molecule has 0 bridgehead atoms. The van der Waals surface area contributed by atoms with Gasteiger partial charge in [-0.1, -0.05) is 25.5 Å². The lowest BCUT2D eigenvalue weighted by molar-refractivity contribution is 0.0593. The molecule has 2 aliphatic heterocycles. The van der Waals surface area contributed by atoms with Crippen LogP contribution in [-0.2, 0) is 9.47 Å². The first kappa shape index (κ1) is 12.6. The molecule has 2 fully saturated rings. The van der Waals surface area contributed by atoms with Crippen molar-refractivity contribution in [1.82, 2.24) is 0 Å². The maximum absolute atomic E-state index is 10.4. The van der Waals surface area contributed by atoms with E-state index in [0.29, 0.717) is 0 Å². The Hall–Kier alpha value is -0.380. The average molecular weight is 252 g/mol. The van der Waals surface area contributed by atoms with Gasteiger partial charge in [0.05, 0.1) is 12.2 Å². The van der Waals surface area contributed by atoms with Crippen LogP contribution in [0.2, 0.25) is 0 Å². The third-order valence-electron chi connectivity index (χ3n) is 4.95. The second-order valence-corrected chi connectivity index (χ2v) is 7.04. The number of allylic oxidation sites excluding steroid dienone is 2.